The normalized spacial score (nSPS) is 25.5. The maximum absolute atomic E-state index is 13.5. The standard InChI is InChI=1S/C32H39N5O4S/c1-23-10-14-27(15-11-23)42(39,40)32-20-31(21-32,22-32)36-28-16-13-26(19-24(28)12-17-30(36)38)41-18-6-5-9-29-33-34-35-37(29)25-7-3-2-4-8-25/h10-11,13-16,19,25H,2-9,12,17-18,20-22H2,1H3. The third-order valence-corrected chi connectivity index (χ3v) is 12.5. The molecular formula is C32H39N5O4S. The Morgan fingerprint density at radius 3 is 2.50 bits per heavy atom. The highest BCUT2D eigenvalue weighted by atomic mass is 32.2. The van der Waals surface area contributed by atoms with E-state index in [1.54, 1.807) is 12.1 Å². The van der Waals surface area contributed by atoms with E-state index in [2.05, 4.69) is 21.6 Å². The van der Waals surface area contributed by atoms with Crippen LogP contribution in [0.2, 0.25) is 0 Å². The Hall–Kier alpha value is -3.27. The summed E-state index contributed by atoms with van der Waals surface area (Å²) in [4.78, 5) is 15.5. The maximum Gasteiger partial charge on any atom is 0.227 e. The van der Waals surface area contributed by atoms with Crippen molar-refractivity contribution in [2.75, 3.05) is 11.5 Å². The predicted molar refractivity (Wildman–Crippen MR) is 158 cm³/mol. The molecule has 4 saturated carbocycles. The molecule has 222 valence electrons. The van der Waals surface area contributed by atoms with E-state index in [-0.39, 0.29) is 11.4 Å². The summed E-state index contributed by atoms with van der Waals surface area (Å²) in [6, 6.07) is 13.5. The lowest BCUT2D eigenvalue weighted by Gasteiger charge is -2.72. The summed E-state index contributed by atoms with van der Waals surface area (Å²) in [6.07, 6.45) is 11.5. The van der Waals surface area contributed by atoms with E-state index in [1.807, 2.05) is 40.8 Å². The molecule has 9 nitrogen and oxygen atoms in total. The highest BCUT2D eigenvalue weighted by molar-refractivity contribution is 7.93. The van der Waals surface area contributed by atoms with Crippen molar-refractivity contribution in [1.82, 2.24) is 20.2 Å². The first-order valence-corrected chi connectivity index (χ1v) is 17.0. The van der Waals surface area contributed by atoms with Crippen molar-refractivity contribution in [3.05, 3.63) is 59.4 Å². The van der Waals surface area contributed by atoms with Gasteiger partial charge in [0.15, 0.2) is 15.7 Å². The molecular weight excluding hydrogens is 550 g/mol. The van der Waals surface area contributed by atoms with Crippen LogP contribution in [0.5, 0.6) is 5.75 Å². The highest BCUT2D eigenvalue weighted by Crippen LogP contribution is 2.69. The Labute approximate surface area is 247 Å². The number of hydrogen-bond acceptors (Lipinski definition) is 7. The van der Waals surface area contributed by atoms with Crippen LogP contribution < -0.4 is 9.64 Å². The van der Waals surface area contributed by atoms with E-state index < -0.39 is 14.6 Å². The second-order valence-corrected chi connectivity index (χ2v) is 15.3. The third kappa shape index (κ3) is 4.53. The first-order chi connectivity index (χ1) is 20.3. The molecule has 1 amide bonds. The number of unbranched alkanes of at least 4 members (excludes halogenated alkanes) is 1. The van der Waals surface area contributed by atoms with Crippen LogP contribution in [0.4, 0.5) is 5.69 Å². The molecule has 1 aromatic heterocycles. The molecule has 2 heterocycles. The number of carbonyl (C=O) groups excluding carboxylic acids is 1. The number of tetrazole rings is 1. The van der Waals surface area contributed by atoms with Crippen molar-refractivity contribution < 1.29 is 17.9 Å². The number of ether oxygens (including phenoxy) is 1. The van der Waals surface area contributed by atoms with Crippen LogP contribution in [0.3, 0.4) is 0 Å². The van der Waals surface area contributed by atoms with Gasteiger partial charge < -0.3 is 9.64 Å². The van der Waals surface area contributed by atoms with Crippen molar-refractivity contribution >= 4 is 21.4 Å². The van der Waals surface area contributed by atoms with Crippen LogP contribution in [0.15, 0.2) is 47.4 Å². The van der Waals surface area contributed by atoms with E-state index in [0.29, 0.717) is 49.6 Å². The Balaban J connectivity index is 0.955. The number of sulfone groups is 1. The number of nitrogens with zero attached hydrogens (tertiary/aromatic N) is 5. The maximum atomic E-state index is 13.5. The molecule has 8 rings (SSSR count). The predicted octanol–water partition coefficient (Wildman–Crippen LogP) is 5.32. The van der Waals surface area contributed by atoms with E-state index in [0.717, 1.165) is 60.5 Å². The van der Waals surface area contributed by atoms with Crippen molar-refractivity contribution in [2.24, 2.45) is 0 Å². The molecule has 0 radical (unpaired) electrons. The molecule has 2 bridgehead atoms. The summed E-state index contributed by atoms with van der Waals surface area (Å²) in [5.74, 6) is 1.88. The average Bonchev–Trinajstić information content (AvgIpc) is 3.42. The zero-order valence-corrected chi connectivity index (χ0v) is 25.1. The molecule has 0 atom stereocenters. The number of aryl methyl sites for hydroxylation is 3. The largest absolute Gasteiger partial charge is 0.494 e. The summed E-state index contributed by atoms with van der Waals surface area (Å²) in [5.41, 5.74) is 2.65. The van der Waals surface area contributed by atoms with E-state index in [4.69, 9.17) is 4.74 Å². The van der Waals surface area contributed by atoms with Gasteiger partial charge in [-0.25, -0.2) is 13.1 Å². The molecule has 4 fully saturated rings. The summed E-state index contributed by atoms with van der Waals surface area (Å²) in [6.45, 7) is 2.56. The van der Waals surface area contributed by atoms with E-state index in [1.165, 1.54) is 19.3 Å². The molecule has 0 saturated heterocycles. The zero-order valence-electron chi connectivity index (χ0n) is 24.3. The summed E-state index contributed by atoms with van der Waals surface area (Å²) >= 11 is 0. The van der Waals surface area contributed by atoms with Gasteiger partial charge in [-0.05, 0) is 105 Å². The number of rotatable bonds is 10. The molecule has 2 aromatic carbocycles. The van der Waals surface area contributed by atoms with Crippen molar-refractivity contribution in [1.29, 1.82) is 0 Å². The molecule has 0 unspecified atom stereocenters. The van der Waals surface area contributed by atoms with Gasteiger partial charge >= 0.3 is 0 Å². The lowest BCUT2D eigenvalue weighted by Crippen LogP contribution is -2.82. The minimum Gasteiger partial charge on any atom is -0.494 e. The van der Waals surface area contributed by atoms with Gasteiger partial charge in [0.1, 0.15) is 5.75 Å². The van der Waals surface area contributed by atoms with Gasteiger partial charge in [-0.15, -0.1) is 5.10 Å². The zero-order chi connectivity index (χ0) is 29.0. The fourth-order valence-electron chi connectivity index (χ4n) is 7.77. The van der Waals surface area contributed by atoms with E-state index >= 15 is 0 Å². The van der Waals surface area contributed by atoms with Crippen LogP contribution in [-0.2, 0) is 27.5 Å². The molecule has 4 aliphatic carbocycles. The van der Waals surface area contributed by atoms with Crippen LogP contribution in [-0.4, -0.2) is 51.4 Å². The summed E-state index contributed by atoms with van der Waals surface area (Å²) < 4.78 is 34.3. The molecule has 10 heteroatoms. The Morgan fingerprint density at radius 2 is 1.74 bits per heavy atom. The van der Waals surface area contributed by atoms with Crippen LogP contribution >= 0.6 is 0 Å². The molecule has 0 N–H and O–H groups in total. The van der Waals surface area contributed by atoms with Crippen LogP contribution in [0.1, 0.15) is 93.6 Å². The Morgan fingerprint density at radius 1 is 0.976 bits per heavy atom. The SMILES string of the molecule is Cc1ccc(S(=O)(=O)C23CC(N4C(=O)CCc5cc(OCCCCc6nnnn6C6CCCCC6)ccc54)(C2)C3)cc1. The first-order valence-electron chi connectivity index (χ1n) is 15.5. The monoisotopic (exact) mass is 589 g/mol. The van der Waals surface area contributed by atoms with Crippen molar-refractivity contribution in [3.63, 3.8) is 0 Å². The first kappa shape index (κ1) is 27.6. The number of anilines is 1. The minimum absolute atomic E-state index is 0.0905. The second-order valence-electron chi connectivity index (χ2n) is 12.9. The number of benzene rings is 2. The highest BCUT2D eigenvalue weighted by Gasteiger charge is 2.77. The van der Waals surface area contributed by atoms with Gasteiger partial charge in [0.2, 0.25) is 5.91 Å². The summed E-state index contributed by atoms with van der Waals surface area (Å²) in [5, 5.41) is 12.5. The Bertz CT molecular complexity index is 1570. The van der Waals surface area contributed by atoms with Crippen LogP contribution in [0.25, 0.3) is 0 Å². The molecule has 1 aliphatic heterocycles. The summed E-state index contributed by atoms with van der Waals surface area (Å²) in [7, 11) is -3.44. The smallest absolute Gasteiger partial charge is 0.227 e. The van der Waals surface area contributed by atoms with Gasteiger partial charge in [-0.3, -0.25) is 4.79 Å². The van der Waals surface area contributed by atoms with Crippen molar-refractivity contribution in [2.45, 2.75) is 112 Å². The number of hydrogen-bond donors (Lipinski definition) is 0. The number of carbonyl (C=O) groups is 1. The third-order valence-electron chi connectivity index (χ3n) is 10.0. The average molecular weight is 590 g/mol. The van der Waals surface area contributed by atoms with E-state index in [9.17, 15) is 13.2 Å². The fourth-order valence-corrected chi connectivity index (χ4v) is 10.1. The number of aromatic nitrogens is 4. The van der Waals surface area contributed by atoms with Gasteiger partial charge in [0.05, 0.1) is 27.8 Å². The Kier molecular flexibility index (Phi) is 6.87. The van der Waals surface area contributed by atoms with Gasteiger partial charge in [0, 0.05) is 18.5 Å². The lowest BCUT2D eigenvalue weighted by molar-refractivity contribution is -0.124. The number of fused-ring (bicyclic) bond motifs is 1. The van der Waals surface area contributed by atoms with Gasteiger partial charge in [-0.2, -0.15) is 0 Å². The quantitative estimate of drug-likeness (QED) is 0.295. The molecule has 5 aliphatic rings. The van der Waals surface area contributed by atoms with Gasteiger partial charge in [0.25, 0.3) is 0 Å². The lowest BCUT2D eigenvalue weighted by atomic mass is 9.47. The topological polar surface area (TPSA) is 107 Å². The molecule has 0 spiro atoms. The van der Waals surface area contributed by atoms with Crippen molar-refractivity contribution in [3.8, 4) is 5.75 Å². The molecule has 3 aromatic rings. The molecule has 42 heavy (non-hydrogen) atoms. The second kappa shape index (κ2) is 10.5. The van der Waals surface area contributed by atoms with Gasteiger partial charge in [-0.1, -0.05) is 37.0 Å². The fraction of sp³-hybridized carbons (Fsp3) is 0.562. The van der Waals surface area contributed by atoms with Crippen LogP contribution in [0, 0.1) is 6.92 Å². The number of amides is 1. The minimum atomic E-state index is -3.44.